The SMILES string of the molecule is NCCNC(=O)c1ccc(Nc2nccc(-c3ccc(Br)s3)n2)cc1. The number of nitrogens with one attached hydrogen (secondary N) is 2. The van der Waals surface area contributed by atoms with Gasteiger partial charge in [-0.15, -0.1) is 11.3 Å². The van der Waals surface area contributed by atoms with Crippen LogP contribution in [0.3, 0.4) is 0 Å². The van der Waals surface area contributed by atoms with E-state index in [4.69, 9.17) is 5.73 Å². The molecule has 1 aromatic carbocycles. The summed E-state index contributed by atoms with van der Waals surface area (Å²) in [4.78, 5) is 21.7. The quantitative estimate of drug-likeness (QED) is 0.571. The molecule has 2 aromatic heterocycles. The van der Waals surface area contributed by atoms with Crippen LogP contribution in [0, 0.1) is 0 Å². The second kappa shape index (κ2) is 8.19. The van der Waals surface area contributed by atoms with Gasteiger partial charge in [-0.3, -0.25) is 4.79 Å². The third-order valence-electron chi connectivity index (χ3n) is 3.31. The Morgan fingerprint density at radius 1 is 1.16 bits per heavy atom. The van der Waals surface area contributed by atoms with E-state index < -0.39 is 0 Å². The maximum atomic E-state index is 11.9. The van der Waals surface area contributed by atoms with Crippen molar-refractivity contribution in [3.8, 4) is 10.6 Å². The molecule has 0 fully saturated rings. The summed E-state index contributed by atoms with van der Waals surface area (Å²) in [6.45, 7) is 0.873. The van der Waals surface area contributed by atoms with Crippen LogP contribution in [0.1, 0.15) is 10.4 Å². The zero-order valence-corrected chi connectivity index (χ0v) is 15.6. The van der Waals surface area contributed by atoms with Crippen LogP contribution in [0.15, 0.2) is 52.4 Å². The fraction of sp³-hybridized carbons (Fsp3) is 0.118. The van der Waals surface area contributed by atoms with Crippen molar-refractivity contribution >= 4 is 44.8 Å². The van der Waals surface area contributed by atoms with E-state index in [1.54, 1.807) is 29.7 Å². The summed E-state index contributed by atoms with van der Waals surface area (Å²) < 4.78 is 1.05. The van der Waals surface area contributed by atoms with Crippen molar-refractivity contribution in [2.75, 3.05) is 18.4 Å². The van der Waals surface area contributed by atoms with Crippen molar-refractivity contribution in [3.05, 3.63) is 58.0 Å². The molecule has 0 saturated heterocycles. The number of nitrogens with two attached hydrogens (primary N) is 1. The number of nitrogens with zero attached hydrogens (tertiary/aromatic N) is 2. The first-order valence-corrected chi connectivity index (χ1v) is 9.21. The van der Waals surface area contributed by atoms with E-state index in [1.165, 1.54) is 0 Å². The predicted molar refractivity (Wildman–Crippen MR) is 104 cm³/mol. The van der Waals surface area contributed by atoms with Gasteiger partial charge in [-0.25, -0.2) is 9.97 Å². The largest absolute Gasteiger partial charge is 0.351 e. The van der Waals surface area contributed by atoms with Crippen LogP contribution in [0.2, 0.25) is 0 Å². The first kappa shape index (κ1) is 17.5. The minimum absolute atomic E-state index is 0.140. The molecular weight excluding hydrogens is 402 g/mol. The first-order valence-electron chi connectivity index (χ1n) is 7.60. The van der Waals surface area contributed by atoms with E-state index in [9.17, 15) is 4.79 Å². The standard InChI is InChI=1S/C17H16BrN5OS/c18-15-6-5-14(25-15)13-7-9-21-17(23-13)22-12-3-1-11(2-4-12)16(24)20-10-8-19/h1-7,9H,8,10,19H2,(H,20,24)(H,21,22,23). The van der Waals surface area contributed by atoms with Crippen molar-refractivity contribution in [2.45, 2.75) is 0 Å². The fourth-order valence-corrected chi connectivity index (χ4v) is 3.49. The number of carbonyl (C=O) groups is 1. The van der Waals surface area contributed by atoms with E-state index in [2.05, 4.69) is 36.5 Å². The summed E-state index contributed by atoms with van der Waals surface area (Å²) in [5.74, 6) is 0.362. The number of hydrogen-bond acceptors (Lipinski definition) is 6. The monoisotopic (exact) mass is 417 g/mol. The van der Waals surface area contributed by atoms with E-state index >= 15 is 0 Å². The molecule has 0 saturated carbocycles. The second-order valence-corrected chi connectivity index (χ2v) is 7.58. The molecule has 8 heteroatoms. The van der Waals surface area contributed by atoms with Gasteiger partial charge in [-0.05, 0) is 58.4 Å². The molecule has 1 amide bonds. The van der Waals surface area contributed by atoms with Gasteiger partial charge in [0.05, 0.1) is 14.4 Å². The summed E-state index contributed by atoms with van der Waals surface area (Å²) in [6, 6.07) is 13.0. The molecule has 2 heterocycles. The lowest BCUT2D eigenvalue weighted by Crippen LogP contribution is -2.28. The fourth-order valence-electron chi connectivity index (χ4n) is 2.13. The molecular formula is C17H16BrN5OS. The molecule has 128 valence electrons. The van der Waals surface area contributed by atoms with Gasteiger partial charge in [0.2, 0.25) is 5.95 Å². The third kappa shape index (κ3) is 4.62. The lowest BCUT2D eigenvalue weighted by atomic mass is 10.2. The van der Waals surface area contributed by atoms with Crippen LogP contribution < -0.4 is 16.4 Å². The lowest BCUT2D eigenvalue weighted by Gasteiger charge is -2.07. The Hall–Kier alpha value is -2.29. The van der Waals surface area contributed by atoms with E-state index in [1.807, 2.05) is 30.3 Å². The predicted octanol–water partition coefficient (Wildman–Crippen LogP) is 3.40. The minimum atomic E-state index is -0.140. The number of halogens is 1. The van der Waals surface area contributed by atoms with Crippen LogP contribution >= 0.6 is 27.3 Å². The third-order valence-corrected chi connectivity index (χ3v) is 4.96. The number of anilines is 2. The molecule has 4 N–H and O–H groups in total. The highest BCUT2D eigenvalue weighted by Crippen LogP contribution is 2.30. The Bertz CT molecular complexity index is 865. The number of aromatic nitrogens is 2. The summed E-state index contributed by atoms with van der Waals surface area (Å²) in [5.41, 5.74) is 7.62. The van der Waals surface area contributed by atoms with Gasteiger partial charge >= 0.3 is 0 Å². The minimum Gasteiger partial charge on any atom is -0.351 e. The molecule has 0 aliphatic heterocycles. The van der Waals surface area contributed by atoms with E-state index in [0.717, 1.165) is 20.0 Å². The maximum Gasteiger partial charge on any atom is 0.251 e. The van der Waals surface area contributed by atoms with Crippen molar-refractivity contribution in [2.24, 2.45) is 5.73 Å². The van der Waals surface area contributed by atoms with E-state index in [0.29, 0.717) is 24.6 Å². The van der Waals surface area contributed by atoms with Crippen molar-refractivity contribution in [3.63, 3.8) is 0 Å². The zero-order valence-electron chi connectivity index (χ0n) is 13.2. The van der Waals surface area contributed by atoms with Gasteiger partial charge in [0.15, 0.2) is 0 Å². The molecule has 0 spiro atoms. The number of thiophene rings is 1. The Morgan fingerprint density at radius 2 is 1.96 bits per heavy atom. The summed E-state index contributed by atoms with van der Waals surface area (Å²) in [6.07, 6.45) is 1.72. The van der Waals surface area contributed by atoms with E-state index in [-0.39, 0.29) is 5.91 Å². The molecule has 0 bridgehead atoms. The molecule has 3 rings (SSSR count). The number of rotatable bonds is 6. The Kier molecular flexibility index (Phi) is 5.75. The Balaban J connectivity index is 1.71. The summed E-state index contributed by atoms with van der Waals surface area (Å²) in [7, 11) is 0. The molecule has 0 aliphatic rings. The van der Waals surface area contributed by atoms with Gasteiger partial charge in [0, 0.05) is 30.5 Å². The molecule has 0 unspecified atom stereocenters. The van der Waals surface area contributed by atoms with Crippen LogP contribution in [0.5, 0.6) is 0 Å². The Labute approximate surface area is 157 Å². The highest BCUT2D eigenvalue weighted by Gasteiger charge is 2.07. The smallest absolute Gasteiger partial charge is 0.251 e. The van der Waals surface area contributed by atoms with Crippen LogP contribution in [0.25, 0.3) is 10.6 Å². The topological polar surface area (TPSA) is 92.9 Å². The number of carbonyl (C=O) groups excluding carboxylic acids is 1. The van der Waals surface area contributed by atoms with Gasteiger partial charge in [-0.1, -0.05) is 0 Å². The Morgan fingerprint density at radius 3 is 2.64 bits per heavy atom. The van der Waals surface area contributed by atoms with Crippen LogP contribution in [-0.2, 0) is 0 Å². The molecule has 6 nitrogen and oxygen atoms in total. The number of benzene rings is 1. The maximum absolute atomic E-state index is 11.9. The number of amides is 1. The van der Waals surface area contributed by atoms with Gasteiger partial charge in [0.25, 0.3) is 5.91 Å². The first-order chi connectivity index (χ1) is 12.2. The summed E-state index contributed by atoms with van der Waals surface area (Å²) >= 11 is 5.07. The summed E-state index contributed by atoms with van der Waals surface area (Å²) in [5, 5.41) is 5.88. The van der Waals surface area contributed by atoms with Gasteiger partial charge in [0.1, 0.15) is 0 Å². The number of hydrogen-bond donors (Lipinski definition) is 3. The van der Waals surface area contributed by atoms with Gasteiger partial charge in [-0.2, -0.15) is 0 Å². The molecule has 0 atom stereocenters. The lowest BCUT2D eigenvalue weighted by molar-refractivity contribution is 0.0955. The molecule has 0 aliphatic carbocycles. The van der Waals surface area contributed by atoms with Crippen LogP contribution in [0.4, 0.5) is 11.6 Å². The zero-order chi connectivity index (χ0) is 17.6. The normalized spacial score (nSPS) is 10.5. The average molecular weight is 418 g/mol. The molecule has 0 radical (unpaired) electrons. The molecule has 3 aromatic rings. The van der Waals surface area contributed by atoms with Crippen molar-refractivity contribution in [1.82, 2.24) is 15.3 Å². The average Bonchev–Trinajstić information content (AvgIpc) is 3.07. The van der Waals surface area contributed by atoms with Crippen LogP contribution in [-0.4, -0.2) is 29.0 Å². The van der Waals surface area contributed by atoms with Crippen molar-refractivity contribution in [1.29, 1.82) is 0 Å². The second-order valence-electron chi connectivity index (χ2n) is 5.12. The highest BCUT2D eigenvalue weighted by atomic mass is 79.9. The highest BCUT2D eigenvalue weighted by molar-refractivity contribution is 9.11. The van der Waals surface area contributed by atoms with Gasteiger partial charge < -0.3 is 16.4 Å². The van der Waals surface area contributed by atoms with Crippen molar-refractivity contribution < 1.29 is 4.79 Å². The molecule has 25 heavy (non-hydrogen) atoms.